The third kappa shape index (κ3) is 3.73. The quantitative estimate of drug-likeness (QED) is 0.815. The number of aromatic nitrogens is 1. The van der Waals surface area contributed by atoms with Crippen molar-refractivity contribution in [2.75, 3.05) is 5.75 Å². The summed E-state index contributed by atoms with van der Waals surface area (Å²) >= 11 is 1.62. The second kappa shape index (κ2) is 6.05. The largest absolute Gasteiger partial charge is 0.478 e. The number of hydrogen-bond acceptors (Lipinski definition) is 3. The van der Waals surface area contributed by atoms with E-state index < -0.39 is 5.97 Å². The van der Waals surface area contributed by atoms with E-state index >= 15 is 0 Å². The van der Waals surface area contributed by atoms with Gasteiger partial charge in [0.05, 0.1) is 11.3 Å². The molecule has 0 saturated heterocycles. The Morgan fingerprint density at radius 3 is 2.71 bits per heavy atom. The molecule has 1 N–H and O–H groups in total. The summed E-state index contributed by atoms with van der Waals surface area (Å²) in [4.78, 5) is 16.3. The van der Waals surface area contributed by atoms with Crippen molar-refractivity contribution in [3.05, 3.63) is 23.0 Å². The normalized spacial score (nSPS) is 12.5. The Bertz CT molecular complexity index is 418. The zero-order valence-corrected chi connectivity index (χ0v) is 11.6. The molecule has 0 aliphatic heterocycles. The average molecular weight is 253 g/mol. The van der Waals surface area contributed by atoms with E-state index in [2.05, 4.69) is 18.8 Å². The zero-order chi connectivity index (χ0) is 13.0. The molecular formula is C13H19NO2S. The van der Waals surface area contributed by atoms with Crippen LogP contribution < -0.4 is 0 Å². The molecule has 3 nitrogen and oxygen atoms in total. The Labute approximate surface area is 107 Å². The zero-order valence-electron chi connectivity index (χ0n) is 10.8. The van der Waals surface area contributed by atoms with Gasteiger partial charge >= 0.3 is 5.97 Å². The Hall–Kier alpha value is -1.03. The summed E-state index contributed by atoms with van der Waals surface area (Å²) in [7, 11) is 0. The Kier molecular flexibility index (Phi) is 5.00. The highest BCUT2D eigenvalue weighted by Gasteiger charge is 2.16. The SMILES string of the molecule is CCC(C)CSc1cc(C)nc(C)c1C(=O)O. The van der Waals surface area contributed by atoms with Crippen molar-refractivity contribution in [3.8, 4) is 0 Å². The van der Waals surface area contributed by atoms with Crippen LogP contribution in [0.1, 0.15) is 42.0 Å². The Morgan fingerprint density at radius 1 is 1.53 bits per heavy atom. The summed E-state index contributed by atoms with van der Waals surface area (Å²) in [6.45, 7) is 7.97. The summed E-state index contributed by atoms with van der Waals surface area (Å²) < 4.78 is 0. The maximum atomic E-state index is 11.2. The molecule has 0 aromatic carbocycles. The lowest BCUT2D eigenvalue weighted by Crippen LogP contribution is -2.06. The van der Waals surface area contributed by atoms with Gasteiger partial charge in [0, 0.05) is 16.3 Å². The second-order valence-electron chi connectivity index (χ2n) is 4.35. The van der Waals surface area contributed by atoms with Crippen LogP contribution in [0.5, 0.6) is 0 Å². The molecule has 17 heavy (non-hydrogen) atoms. The summed E-state index contributed by atoms with van der Waals surface area (Å²) in [6.07, 6.45) is 1.11. The van der Waals surface area contributed by atoms with Crippen molar-refractivity contribution in [2.45, 2.75) is 39.0 Å². The fourth-order valence-electron chi connectivity index (χ4n) is 1.52. The van der Waals surface area contributed by atoms with Gasteiger partial charge in [-0.05, 0) is 25.8 Å². The molecule has 4 heteroatoms. The van der Waals surface area contributed by atoms with Crippen molar-refractivity contribution in [3.63, 3.8) is 0 Å². The molecule has 1 atom stereocenters. The molecule has 0 bridgehead atoms. The molecule has 0 fully saturated rings. The molecule has 1 aromatic heterocycles. The predicted molar refractivity (Wildman–Crippen MR) is 70.8 cm³/mol. The number of thioether (sulfide) groups is 1. The number of aromatic carboxylic acids is 1. The number of aryl methyl sites for hydroxylation is 2. The van der Waals surface area contributed by atoms with E-state index in [-0.39, 0.29) is 0 Å². The van der Waals surface area contributed by atoms with Crippen molar-refractivity contribution < 1.29 is 9.90 Å². The molecule has 0 saturated carbocycles. The van der Waals surface area contributed by atoms with Crippen LogP contribution in [0.4, 0.5) is 0 Å². The third-order valence-corrected chi connectivity index (χ3v) is 4.10. The first-order chi connectivity index (χ1) is 7.95. The van der Waals surface area contributed by atoms with Gasteiger partial charge in [0.1, 0.15) is 0 Å². The van der Waals surface area contributed by atoms with Crippen LogP contribution in [-0.2, 0) is 0 Å². The van der Waals surface area contributed by atoms with Gasteiger partial charge in [-0.2, -0.15) is 0 Å². The fraction of sp³-hybridized carbons (Fsp3) is 0.538. The topological polar surface area (TPSA) is 50.2 Å². The second-order valence-corrected chi connectivity index (χ2v) is 5.41. The molecule has 1 rings (SSSR count). The molecule has 0 aliphatic rings. The minimum absolute atomic E-state index is 0.351. The van der Waals surface area contributed by atoms with Gasteiger partial charge < -0.3 is 5.11 Å². The first-order valence-electron chi connectivity index (χ1n) is 5.80. The van der Waals surface area contributed by atoms with E-state index in [1.807, 2.05) is 13.0 Å². The standard InChI is InChI=1S/C13H19NO2S/c1-5-8(2)7-17-11-6-9(3)14-10(4)12(11)13(15)16/h6,8H,5,7H2,1-4H3,(H,15,16). The molecular weight excluding hydrogens is 234 g/mol. The van der Waals surface area contributed by atoms with E-state index in [0.717, 1.165) is 22.8 Å². The lowest BCUT2D eigenvalue weighted by Gasteiger charge is -2.12. The molecule has 1 aromatic rings. The molecule has 0 spiro atoms. The van der Waals surface area contributed by atoms with Gasteiger partial charge in [0.25, 0.3) is 0 Å². The minimum Gasteiger partial charge on any atom is -0.478 e. The number of carboxylic acids is 1. The summed E-state index contributed by atoms with van der Waals surface area (Å²) in [5, 5.41) is 9.21. The average Bonchev–Trinajstić information content (AvgIpc) is 2.24. The van der Waals surface area contributed by atoms with Crippen LogP contribution in [-0.4, -0.2) is 21.8 Å². The first kappa shape index (κ1) is 14.0. The number of carbonyl (C=O) groups is 1. The molecule has 0 amide bonds. The Morgan fingerprint density at radius 2 is 2.18 bits per heavy atom. The molecule has 1 heterocycles. The van der Waals surface area contributed by atoms with Crippen molar-refractivity contribution in [1.29, 1.82) is 0 Å². The van der Waals surface area contributed by atoms with Crippen LogP contribution in [0.25, 0.3) is 0 Å². The van der Waals surface area contributed by atoms with Crippen LogP contribution in [0.2, 0.25) is 0 Å². The van der Waals surface area contributed by atoms with Crippen LogP contribution in [0.3, 0.4) is 0 Å². The maximum Gasteiger partial charge on any atom is 0.338 e. The van der Waals surface area contributed by atoms with Crippen LogP contribution in [0.15, 0.2) is 11.0 Å². The van der Waals surface area contributed by atoms with Gasteiger partial charge in [0.15, 0.2) is 0 Å². The number of rotatable bonds is 5. The van der Waals surface area contributed by atoms with Gasteiger partial charge in [-0.1, -0.05) is 20.3 Å². The van der Waals surface area contributed by atoms with Gasteiger partial charge in [0.2, 0.25) is 0 Å². The van der Waals surface area contributed by atoms with Gasteiger partial charge in [-0.15, -0.1) is 11.8 Å². The molecule has 1 unspecified atom stereocenters. The molecule has 0 aliphatic carbocycles. The van der Waals surface area contributed by atoms with E-state index in [0.29, 0.717) is 17.2 Å². The van der Waals surface area contributed by atoms with E-state index in [4.69, 9.17) is 0 Å². The lowest BCUT2D eigenvalue weighted by atomic mass is 10.2. The summed E-state index contributed by atoms with van der Waals surface area (Å²) in [5.41, 5.74) is 1.83. The van der Waals surface area contributed by atoms with E-state index in [1.165, 1.54) is 0 Å². The van der Waals surface area contributed by atoms with Crippen molar-refractivity contribution >= 4 is 17.7 Å². The monoisotopic (exact) mass is 253 g/mol. The molecule has 94 valence electrons. The number of hydrogen-bond donors (Lipinski definition) is 1. The first-order valence-corrected chi connectivity index (χ1v) is 6.78. The minimum atomic E-state index is -0.887. The smallest absolute Gasteiger partial charge is 0.338 e. The van der Waals surface area contributed by atoms with Crippen LogP contribution >= 0.6 is 11.8 Å². The third-order valence-electron chi connectivity index (χ3n) is 2.73. The summed E-state index contributed by atoms with van der Waals surface area (Å²) in [5.74, 6) is 0.650. The number of pyridine rings is 1. The summed E-state index contributed by atoms with van der Waals surface area (Å²) in [6, 6.07) is 1.86. The fourth-order valence-corrected chi connectivity index (χ4v) is 2.85. The van der Waals surface area contributed by atoms with E-state index in [1.54, 1.807) is 18.7 Å². The highest BCUT2D eigenvalue weighted by atomic mass is 32.2. The van der Waals surface area contributed by atoms with Crippen molar-refractivity contribution in [1.82, 2.24) is 4.98 Å². The van der Waals surface area contributed by atoms with Crippen LogP contribution in [0, 0.1) is 19.8 Å². The van der Waals surface area contributed by atoms with Gasteiger partial charge in [-0.3, -0.25) is 4.98 Å². The lowest BCUT2D eigenvalue weighted by molar-refractivity contribution is 0.0691. The Balaban J connectivity index is 3.00. The number of carboxylic acid groups (broad SMARTS) is 1. The van der Waals surface area contributed by atoms with Crippen molar-refractivity contribution in [2.24, 2.45) is 5.92 Å². The highest BCUT2D eigenvalue weighted by Crippen LogP contribution is 2.27. The van der Waals surface area contributed by atoms with Gasteiger partial charge in [-0.25, -0.2) is 4.79 Å². The predicted octanol–water partition coefficient (Wildman–Crippen LogP) is 3.53. The maximum absolute atomic E-state index is 11.2. The number of nitrogens with zero attached hydrogens (tertiary/aromatic N) is 1. The highest BCUT2D eigenvalue weighted by molar-refractivity contribution is 7.99. The van der Waals surface area contributed by atoms with E-state index in [9.17, 15) is 9.90 Å². The molecule has 0 radical (unpaired) electrons.